The van der Waals surface area contributed by atoms with Crippen LogP contribution in [0.1, 0.15) is 41.2 Å². The smallest absolute Gasteiger partial charge is 0.237 e. The molecule has 0 aliphatic heterocycles. The standard InChI is InChI=1S/C22H25N5O3S/c1-13-5-10-19(14(2)11-13)30-12-20-25-26-22(27(20)23)31-16(4)21(29)24-18-8-6-17(7-9-18)15(3)28/h5-11,16H,12,23H2,1-4H3,(H,24,29)/t16-/m0/s1. The molecule has 31 heavy (non-hydrogen) atoms. The zero-order valence-electron chi connectivity index (χ0n) is 17.9. The van der Waals surface area contributed by atoms with Crippen LogP contribution < -0.4 is 15.9 Å². The SMILES string of the molecule is CC(=O)c1ccc(NC(=O)[C@H](C)Sc2nnc(COc3ccc(C)cc3C)n2N)cc1. The Labute approximate surface area is 185 Å². The van der Waals surface area contributed by atoms with Crippen LogP contribution in [0.2, 0.25) is 0 Å². The molecule has 1 heterocycles. The summed E-state index contributed by atoms with van der Waals surface area (Å²) in [6.07, 6.45) is 0. The minimum atomic E-state index is -0.466. The molecule has 0 aliphatic carbocycles. The molecular formula is C22H25N5O3S. The molecule has 0 unspecified atom stereocenters. The number of Topliss-reactive ketones (excluding diaryl/α,β-unsaturated/α-hetero) is 1. The number of nitrogens with zero attached hydrogens (tertiary/aromatic N) is 3. The summed E-state index contributed by atoms with van der Waals surface area (Å²) < 4.78 is 7.15. The fourth-order valence-corrected chi connectivity index (χ4v) is 3.62. The maximum atomic E-state index is 12.5. The second kappa shape index (κ2) is 9.65. The van der Waals surface area contributed by atoms with E-state index in [0.717, 1.165) is 16.9 Å². The van der Waals surface area contributed by atoms with Gasteiger partial charge in [0.15, 0.2) is 11.6 Å². The van der Waals surface area contributed by atoms with Gasteiger partial charge in [-0.25, -0.2) is 4.68 Å². The summed E-state index contributed by atoms with van der Waals surface area (Å²) in [5.74, 6) is 7.07. The lowest BCUT2D eigenvalue weighted by Crippen LogP contribution is -2.24. The number of nitrogens with two attached hydrogens (primary N) is 1. The van der Waals surface area contributed by atoms with Crippen molar-refractivity contribution in [2.24, 2.45) is 0 Å². The van der Waals surface area contributed by atoms with Crippen molar-refractivity contribution in [1.82, 2.24) is 14.9 Å². The molecule has 162 valence electrons. The van der Waals surface area contributed by atoms with Crippen LogP contribution >= 0.6 is 11.8 Å². The maximum Gasteiger partial charge on any atom is 0.237 e. The van der Waals surface area contributed by atoms with Gasteiger partial charge >= 0.3 is 0 Å². The van der Waals surface area contributed by atoms with Gasteiger partial charge in [0, 0.05) is 11.3 Å². The molecule has 1 atom stereocenters. The van der Waals surface area contributed by atoms with Gasteiger partial charge in [0.1, 0.15) is 12.4 Å². The maximum absolute atomic E-state index is 12.5. The molecule has 0 saturated carbocycles. The first-order chi connectivity index (χ1) is 14.7. The molecule has 2 aromatic carbocycles. The van der Waals surface area contributed by atoms with Crippen LogP contribution in [0, 0.1) is 13.8 Å². The third kappa shape index (κ3) is 5.64. The minimum Gasteiger partial charge on any atom is -0.485 e. The number of amides is 1. The highest BCUT2D eigenvalue weighted by molar-refractivity contribution is 8.00. The van der Waals surface area contributed by atoms with E-state index in [2.05, 4.69) is 15.5 Å². The molecule has 0 saturated heterocycles. The van der Waals surface area contributed by atoms with Crippen LogP contribution in [-0.4, -0.2) is 31.8 Å². The van der Waals surface area contributed by atoms with Gasteiger partial charge in [0.2, 0.25) is 11.1 Å². The summed E-state index contributed by atoms with van der Waals surface area (Å²) in [6, 6.07) is 12.7. The summed E-state index contributed by atoms with van der Waals surface area (Å²) in [7, 11) is 0. The number of nitrogens with one attached hydrogen (secondary N) is 1. The van der Waals surface area contributed by atoms with Gasteiger partial charge in [-0.15, -0.1) is 10.2 Å². The lowest BCUT2D eigenvalue weighted by Gasteiger charge is -2.12. The van der Waals surface area contributed by atoms with Crippen LogP contribution in [0.3, 0.4) is 0 Å². The Bertz CT molecular complexity index is 1100. The monoisotopic (exact) mass is 439 g/mol. The molecule has 3 aromatic rings. The summed E-state index contributed by atoms with van der Waals surface area (Å²) in [5.41, 5.74) is 3.39. The molecule has 0 aliphatic rings. The van der Waals surface area contributed by atoms with E-state index in [4.69, 9.17) is 10.6 Å². The predicted octanol–water partition coefficient (Wildman–Crippen LogP) is 3.51. The first-order valence-electron chi connectivity index (χ1n) is 9.72. The van der Waals surface area contributed by atoms with Crippen molar-refractivity contribution in [2.45, 2.75) is 44.7 Å². The molecule has 9 heteroatoms. The largest absolute Gasteiger partial charge is 0.485 e. The average Bonchev–Trinajstić information content (AvgIpc) is 3.07. The van der Waals surface area contributed by atoms with Gasteiger partial charge in [0.25, 0.3) is 0 Å². The summed E-state index contributed by atoms with van der Waals surface area (Å²) in [6.45, 7) is 7.41. The van der Waals surface area contributed by atoms with Gasteiger partial charge in [-0.1, -0.05) is 29.5 Å². The Kier molecular flexibility index (Phi) is 6.96. The summed E-state index contributed by atoms with van der Waals surface area (Å²) >= 11 is 1.20. The van der Waals surface area contributed by atoms with E-state index in [-0.39, 0.29) is 18.3 Å². The number of ketones is 1. The zero-order chi connectivity index (χ0) is 22.5. The van der Waals surface area contributed by atoms with Crippen molar-refractivity contribution in [3.05, 3.63) is 65.0 Å². The number of rotatable bonds is 8. The number of hydrogen-bond acceptors (Lipinski definition) is 7. The number of nitrogen functional groups attached to an aromatic ring is 1. The van der Waals surface area contributed by atoms with E-state index < -0.39 is 5.25 Å². The number of aryl methyl sites for hydroxylation is 2. The fourth-order valence-electron chi connectivity index (χ4n) is 2.83. The Hall–Kier alpha value is -3.33. The molecule has 3 N–H and O–H groups in total. The van der Waals surface area contributed by atoms with Crippen molar-refractivity contribution in [3.8, 4) is 5.75 Å². The zero-order valence-corrected chi connectivity index (χ0v) is 18.7. The van der Waals surface area contributed by atoms with Gasteiger partial charge in [-0.3, -0.25) is 9.59 Å². The Morgan fingerprint density at radius 3 is 2.52 bits per heavy atom. The Balaban J connectivity index is 1.58. The highest BCUT2D eigenvalue weighted by Gasteiger charge is 2.20. The van der Waals surface area contributed by atoms with E-state index >= 15 is 0 Å². The first kappa shape index (κ1) is 22.4. The van der Waals surface area contributed by atoms with Crippen LogP contribution in [0.4, 0.5) is 5.69 Å². The van der Waals surface area contributed by atoms with E-state index in [9.17, 15) is 9.59 Å². The topological polar surface area (TPSA) is 112 Å². The number of carbonyl (C=O) groups excluding carboxylic acids is 2. The number of hydrogen-bond donors (Lipinski definition) is 2. The number of aromatic nitrogens is 3. The number of anilines is 1. The quantitative estimate of drug-likeness (QED) is 0.314. The number of ether oxygens (including phenoxy) is 1. The molecule has 0 spiro atoms. The molecule has 3 rings (SSSR count). The van der Waals surface area contributed by atoms with Crippen molar-refractivity contribution in [2.75, 3.05) is 11.2 Å². The van der Waals surface area contributed by atoms with Crippen LogP contribution in [-0.2, 0) is 11.4 Å². The normalized spacial score (nSPS) is 11.7. The van der Waals surface area contributed by atoms with E-state index in [1.807, 2.05) is 32.0 Å². The minimum absolute atomic E-state index is 0.0265. The average molecular weight is 440 g/mol. The number of benzene rings is 2. The molecule has 1 aromatic heterocycles. The highest BCUT2D eigenvalue weighted by atomic mass is 32.2. The van der Waals surface area contributed by atoms with E-state index in [1.165, 1.54) is 23.4 Å². The Morgan fingerprint density at radius 2 is 1.87 bits per heavy atom. The van der Waals surface area contributed by atoms with Crippen molar-refractivity contribution >= 4 is 29.1 Å². The number of carbonyl (C=O) groups is 2. The molecule has 8 nitrogen and oxygen atoms in total. The first-order valence-corrected chi connectivity index (χ1v) is 10.6. The van der Waals surface area contributed by atoms with Crippen LogP contribution in [0.5, 0.6) is 5.75 Å². The fraction of sp³-hybridized carbons (Fsp3) is 0.273. The number of thioether (sulfide) groups is 1. The lowest BCUT2D eigenvalue weighted by atomic mass is 10.1. The molecule has 0 radical (unpaired) electrons. The predicted molar refractivity (Wildman–Crippen MR) is 121 cm³/mol. The van der Waals surface area contributed by atoms with Crippen LogP contribution in [0.25, 0.3) is 0 Å². The van der Waals surface area contributed by atoms with Gasteiger partial charge in [-0.2, -0.15) is 0 Å². The molecular weight excluding hydrogens is 414 g/mol. The van der Waals surface area contributed by atoms with E-state index in [0.29, 0.717) is 22.2 Å². The molecule has 0 bridgehead atoms. The molecule has 1 amide bonds. The highest BCUT2D eigenvalue weighted by Crippen LogP contribution is 2.24. The van der Waals surface area contributed by atoms with Crippen LogP contribution in [0.15, 0.2) is 47.6 Å². The van der Waals surface area contributed by atoms with Gasteiger partial charge < -0.3 is 15.9 Å². The lowest BCUT2D eigenvalue weighted by molar-refractivity contribution is -0.115. The summed E-state index contributed by atoms with van der Waals surface area (Å²) in [5, 5.41) is 10.9. The Morgan fingerprint density at radius 1 is 1.16 bits per heavy atom. The third-order valence-electron chi connectivity index (χ3n) is 4.63. The second-order valence-electron chi connectivity index (χ2n) is 7.21. The second-order valence-corrected chi connectivity index (χ2v) is 8.52. The van der Waals surface area contributed by atoms with E-state index in [1.54, 1.807) is 31.2 Å². The molecule has 0 fully saturated rings. The van der Waals surface area contributed by atoms with Crippen molar-refractivity contribution in [3.63, 3.8) is 0 Å². The van der Waals surface area contributed by atoms with Crippen molar-refractivity contribution in [1.29, 1.82) is 0 Å². The van der Waals surface area contributed by atoms with Gasteiger partial charge in [0.05, 0.1) is 5.25 Å². The summed E-state index contributed by atoms with van der Waals surface area (Å²) in [4.78, 5) is 23.9. The third-order valence-corrected chi connectivity index (χ3v) is 5.69. The van der Waals surface area contributed by atoms with Crippen molar-refractivity contribution < 1.29 is 14.3 Å². The van der Waals surface area contributed by atoms with Gasteiger partial charge in [-0.05, 0) is 63.6 Å².